The fraction of sp³-hybridized carbons (Fsp3) is 0.500. The van der Waals surface area contributed by atoms with Crippen LogP contribution < -0.4 is 0 Å². The zero-order valence-corrected chi connectivity index (χ0v) is 20.9. The number of likely N-dealkylation sites (tertiary alicyclic amines) is 1. The monoisotopic (exact) mass is 501 g/mol. The molecule has 4 rings (SSSR count). The number of ether oxygens (including phenoxy) is 1. The number of aliphatic hydroxyl groups is 1. The Morgan fingerprint density at radius 2 is 1.49 bits per heavy atom. The summed E-state index contributed by atoms with van der Waals surface area (Å²) in [5, 5.41) is 10.9. The van der Waals surface area contributed by atoms with Crippen molar-refractivity contribution in [3.8, 4) is 0 Å². The second kappa shape index (κ2) is 11.6. The molecule has 0 saturated carbocycles. The van der Waals surface area contributed by atoms with Crippen LogP contribution in [0.2, 0.25) is 0 Å². The first-order valence-electron chi connectivity index (χ1n) is 12.3. The van der Waals surface area contributed by atoms with Crippen molar-refractivity contribution in [1.29, 1.82) is 0 Å². The van der Waals surface area contributed by atoms with Gasteiger partial charge in [-0.15, -0.1) is 0 Å². The molecular weight excluding hydrogens is 466 g/mol. The van der Waals surface area contributed by atoms with Crippen LogP contribution in [0.3, 0.4) is 0 Å². The van der Waals surface area contributed by atoms with Gasteiger partial charge in [-0.3, -0.25) is 9.69 Å². The molecule has 35 heavy (non-hydrogen) atoms. The largest absolute Gasteiger partial charge is 0.389 e. The number of rotatable bonds is 9. The molecule has 2 aliphatic rings. The van der Waals surface area contributed by atoms with E-state index in [9.17, 15) is 18.3 Å². The normalized spacial score (nSPS) is 19.5. The molecule has 190 valence electrons. The summed E-state index contributed by atoms with van der Waals surface area (Å²) in [7, 11) is -3.45. The van der Waals surface area contributed by atoms with Gasteiger partial charge < -0.3 is 14.7 Å². The van der Waals surface area contributed by atoms with Gasteiger partial charge in [0.2, 0.25) is 15.9 Å². The van der Waals surface area contributed by atoms with Crippen LogP contribution in [-0.4, -0.2) is 98.2 Å². The van der Waals surface area contributed by atoms with Crippen molar-refractivity contribution < 1.29 is 23.1 Å². The minimum Gasteiger partial charge on any atom is -0.389 e. The summed E-state index contributed by atoms with van der Waals surface area (Å²) in [6.07, 6.45) is 1.72. The molecular formula is C26H35N3O5S. The molecule has 1 amide bonds. The maximum absolute atomic E-state index is 12.7. The molecule has 9 heteroatoms. The van der Waals surface area contributed by atoms with Gasteiger partial charge in [-0.1, -0.05) is 48.5 Å². The van der Waals surface area contributed by atoms with Gasteiger partial charge in [-0.25, -0.2) is 8.42 Å². The molecule has 2 saturated heterocycles. The molecule has 0 unspecified atom stereocenters. The Morgan fingerprint density at radius 1 is 0.886 bits per heavy atom. The molecule has 2 aromatic carbocycles. The van der Waals surface area contributed by atoms with Gasteiger partial charge >= 0.3 is 0 Å². The van der Waals surface area contributed by atoms with Gasteiger partial charge in [-0.2, -0.15) is 4.31 Å². The van der Waals surface area contributed by atoms with Crippen molar-refractivity contribution in [1.82, 2.24) is 14.1 Å². The lowest BCUT2D eigenvalue weighted by Gasteiger charge is -2.38. The number of sulfonamides is 1. The Morgan fingerprint density at radius 3 is 2.11 bits per heavy atom. The second-order valence-electron chi connectivity index (χ2n) is 9.38. The van der Waals surface area contributed by atoms with E-state index in [4.69, 9.17) is 4.74 Å². The number of hydrogen-bond donors (Lipinski definition) is 1. The van der Waals surface area contributed by atoms with Crippen LogP contribution in [0.15, 0.2) is 65.6 Å². The molecule has 0 atom stereocenters. The summed E-state index contributed by atoms with van der Waals surface area (Å²) in [5.74, 6) is -0.0504. The van der Waals surface area contributed by atoms with Gasteiger partial charge in [0.25, 0.3) is 0 Å². The molecule has 0 aromatic heterocycles. The number of amides is 1. The highest BCUT2D eigenvalue weighted by atomic mass is 32.2. The van der Waals surface area contributed by atoms with E-state index in [2.05, 4.69) is 4.90 Å². The highest BCUT2D eigenvalue weighted by Crippen LogP contribution is 2.26. The Labute approximate surface area is 208 Å². The number of carbonyl (C=O) groups excluding carboxylic acids is 1. The SMILES string of the molecule is O=C(COCCN1CCN(S(=O)(=O)c2ccccc2)CC1)N1CCC(O)(Cc2ccccc2)CC1. The zero-order chi connectivity index (χ0) is 24.7. The van der Waals surface area contributed by atoms with E-state index in [0.29, 0.717) is 76.6 Å². The average Bonchev–Trinajstić information content (AvgIpc) is 2.88. The van der Waals surface area contributed by atoms with Crippen LogP contribution in [-0.2, 0) is 26.0 Å². The third-order valence-corrected chi connectivity index (χ3v) is 8.83. The molecule has 8 nitrogen and oxygen atoms in total. The van der Waals surface area contributed by atoms with E-state index in [1.54, 1.807) is 35.2 Å². The number of benzene rings is 2. The van der Waals surface area contributed by atoms with Crippen molar-refractivity contribution in [2.75, 3.05) is 59.0 Å². The Kier molecular flexibility index (Phi) is 8.56. The number of piperidine rings is 1. The molecule has 2 heterocycles. The smallest absolute Gasteiger partial charge is 0.248 e. The molecule has 0 spiro atoms. The first-order valence-corrected chi connectivity index (χ1v) is 13.7. The van der Waals surface area contributed by atoms with Gasteiger partial charge in [0.15, 0.2) is 0 Å². The van der Waals surface area contributed by atoms with Crippen LogP contribution >= 0.6 is 0 Å². The minimum atomic E-state index is -3.45. The summed E-state index contributed by atoms with van der Waals surface area (Å²) < 4.78 is 32.6. The fourth-order valence-electron chi connectivity index (χ4n) is 4.70. The van der Waals surface area contributed by atoms with Crippen molar-refractivity contribution >= 4 is 15.9 Å². The third kappa shape index (κ3) is 6.89. The number of piperazine rings is 1. The van der Waals surface area contributed by atoms with Crippen LogP contribution in [0.5, 0.6) is 0 Å². The lowest BCUT2D eigenvalue weighted by molar-refractivity contribution is -0.140. The summed E-state index contributed by atoms with van der Waals surface area (Å²) in [4.78, 5) is 16.8. The maximum atomic E-state index is 12.7. The Bertz CT molecular complexity index is 1050. The Balaban J connectivity index is 1.12. The lowest BCUT2D eigenvalue weighted by atomic mass is 9.85. The quantitative estimate of drug-likeness (QED) is 0.525. The van der Waals surface area contributed by atoms with Crippen molar-refractivity contribution in [2.24, 2.45) is 0 Å². The van der Waals surface area contributed by atoms with Gasteiger partial charge in [0.1, 0.15) is 6.61 Å². The topological polar surface area (TPSA) is 90.4 Å². The molecule has 2 fully saturated rings. The van der Waals surface area contributed by atoms with E-state index < -0.39 is 15.6 Å². The van der Waals surface area contributed by atoms with Gasteiger partial charge in [0.05, 0.1) is 17.1 Å². The van der Waals surface area contributed by atoms with E-state index in [1.165, 1.54) is 4.31 Å². The molecule has 0 radical (unpaired) electrons. The highest BCUT2D eigenvalue weighted by molar-refractivity contribution is 7.89. The third-order valence-electron chi connectivity index (χ3n) is 6.91. The summed E-state index contributed by atoms with van der Waals surface area (Å²) in [5.41, 5.74) is 0.339. The van der Waals surface area contributed by atoms with Crippen molar-refractivity contribution in [3.05, 3.63) is 66.2 Å². The molecule has 2 aliphatic heterocycles. The van der Waals surface area contributed by atoms with Crippen LogP contribution in [0, 0.1) is 0 Å². The van der Waals surface area contributed by atoms with Crippen LogP contribution in [0.1, 0.15) is 18.4 Å². The van der Waals surface area contributed by atoms with Crippen molar-refractivity contribution in [2.45, 2.75) is 29.8 Å². The second-order valence-corrected chi connectivity index (χ2v) is 11.3. The van der Waals surface area contributed by atoms with Gasteiger partial charge in [0, 0.05) is 52.2 Å². The summed E-state index contributed by atoms with van der Waals surface area (Å²) >= 11 is 0. The summed E-state index contributed by atoms with van der Waals surface area (Å²) in [6.45, 7) is 4.31. The summed E-state index contributed by atoms with van der Waals surface area (Å²) in [6, 6.07) is 18.5. The lowest BCUT2D eigenvalue weighted by Crippen LogP contribution is -2.49. The van der Waals surface area contributed by atoms with Crippen LogP contribution in [0.25, 0.3) is 0 Å². The first kappa shape index (κ1) is 25.8. The van der Waals surface area contributed by atoms with E-state index in [0.717, 1.165) is 5.56 Å². The Hall–Kier alpha value is -2.30. The number of nitrogens with zero attached hydrogens (tertiary/aromatic N) is 3. The van der Waals surface area contributed by atoms with E-state index >= 15 is 0 Å². The standard InChI is InChI=1S/C26H35N3O5S/c30-25(28-13-11-26(31,12-14-28)21-23-7-3-1-4-8-23)22-34-20-19-27-15-17-29(18-16-27)35(32,33)24-9-5-2-6-10-24/h1-10,31H,11-22H2. The molecule has 0 aliphatic carbocycles. The molecule has 1 N–H and O–H groups in total. The minimum absolute atomic E-state index is 0.0272. The maximum Gasteiger partial charge on any atom is 0.248 e. The molecule has 0 bridgehead atoms. The van der Waals surface area contributed by atoms with Crippen LogP contribution in [0.4, 0.5) is 0 Å². The predicted molar refractivity (Wildman–Crippen MR) is 133 cm³/mol. The van der Waals surface area contributed by atoms with Crippen molar-refractivity contribution in [3.63, 3.8) is 0 Å². The molecule has 2 aromatic rings. The fourth-order valence-corrected chi connectivity index (χ4v) is 6.15. The highest BCUT2D eigenvalue weighted by Gasteiger charge is 2.34. The van der Waals surface area contributed by atoms with E-state index in [1.807, 2.05) is 30.3 Å². The van der Waals surface area contributed by atoms with E-state index in [-0.39, 0.29) is 12.5 Å². The predicted octanol–water partition coefficient (Wildman–Crippen LogP) is 1.61. The number of hydrogen-bond acceptors (Lipinski definition) is 6. The van der Waals surface area contributed by atoms with Gasteiger partial charge in [-0.05, 0) is 30.5 Å². The first-order chi connectivity index (χ1) is 16.9. The average molecular weight is 502 g/mol. The number of carbonyl (C=O) groups is 1. The zero-order valence-electron chi connectivity index (χ0n) is 20.1.